The number of nitrogens with zero attached hydrogens (tertiary/aromatic N) is 2. The molecule has 0 unspecified atom stereocenters. The summed E-state index contributed by atoms with van der Waals surface area (Å²) in [4.78, 5) is 16.3. The van der Waals surface area contributed by atoms with Crippen LogP contribution in [0.15, 0.2) is 0 Å². The predicted octanol–water partition coefficient (Wildman–Crippen LogP) is 1.12. The van der Waals surface area contributed by atoms with Gasteiger partial charge in [0.25, 0.3) is 0 Å². The number of hydrogen-bond acceptors (Lipinski definition) is 3. The van der Waals surface area contributed by atoms with E-state index in [1.807, 2.05) is 13.8 Å². The monoisotopic (exact) mass is 240 g/mol. The highest BCUT2D eigenvalue weighted by atomic mass is 16.4. The Balaban J connectivity index is 1.94. The summed E-state index contributed by atoms with van der Waals surface area (Å²) < 4.78 is 0. The fourth-order valence-electron chi connectivity index (χ4n) is 3.22. The van der Waals surface area contributed by atoms with Crippen LogP contribution in [0.4, 0.5) is 0 Å². The molecule has 0 aromatic carbocycles. The predicted molar refractivity (Wildman–Crippen MR) is 67.0 cm³/mol. The lowest BCUT2D eigenvalue weighted by atomic mass is 9.70. The molecule has 0 saturated carbocycles. The standard InChI is InChI=1S/C13H24N2O2/c1-10(2)13(12(16)17)4-6-15(7-5-13)11-8-14(3)9-11/h10-11H,4-9H2,1-3H3,(H,16,17). The van der Waals surface area contributed by atoms with Gasteiger partial charge in [0.2, 0.25) is 0 Å². The third-order valence-electron chi connectivity index (χ3n) is 4.78. The number of carboxylic acids is 1. The summed E-state index contributed by atoms with van der Waals surface area (Å²) in [6.45, 7) is 8.26. The van der Waals surface area contributed by atoms with Crippen molar-refractivity contribution in [2.45, 2.75) is 32.7 Å². The number of carboxylic acid groups (broad SMARTS) is 1. The lowest BCUT2D eigenvalue weighted by Gasteiger charge is -2.49. The number of aliphatic carboxylic acids is 1. The summed E-state index contributed by atoms with van der Waals surface area (Å²) in [6, 6.07) is 0.666. The van der Waals surface area contributed by atoms with E-state index in [1.165, 1.54) is 0 Å². The molecule has 0 radical (unpaired) electrons. The summed E-state index contributed by atoms with van der Waals surface area (Å²) in [6.07, 6.45) is 1.61. The Kier molecular flexibility index (Phi) is 3.46. The minimum atomic E-state index is -0.599. The van der Waals surface area contributed by atoms with Crippen LogP contribution in [0.5, 0.6) is 0 Å². The number of likely N-dealkylation sites (tertiary alicyclic amines) is 2. The van der Waals surface area contributed by atoms with Crippen molar-refractivity contribution >= 4 is 5.97 Å². The van der Waals surface area contributed by atoms with Gasteiger partial charge in [-0.1, -0.05) is 13.8 Å². The highest BCUT2D eigenvalue weighted by molar-refractivity contribution is 5.75. The summed E-state index contributed by atoms with van der Waals surface area (Å²) in [7, 11) is 2.14. The summed E-state index contributed by atoms with van der Waals surface area (Å²) in [5.74, 6) is -0.371. The van der Waals surface area contributed by atoms with Gasteiger partial charge in [-0.2, -0.15) is 0 Å². The topological polar surface area (TPSA) is 43.8 Å². The van der Waals surface area contributed by atoms with E-state index in [9.17, 15) is 9.90 Å². The molecular formula is C13H24N2O2. The number of carbonyl (C=O) groups is 1. The number of rotatable bonds is 3. The van der Waals surface area contributed by atoms with Gasteiger partial charge in [0.1, 0.15) is 0 Å². The lowest BCUT2D eigenvalue weighted by molar-refractivity contribution is -0.156. The zero-order chi connectivity index (χ0) is 12.6. The van der Waals surface area contributed by atoms with E-state index < -0.39 is 11.4 Å². The van der Waals surface area contributed by atoms with Crippen molar-refractivity contribution < 1.29 is 9.90 Å². The maximum Gasteiger partial charge on any atom is 0.309 e. The van der Waals surface area contributed by atoms with Crippen LogP contribution in [0.2, 0.25) is 0 Å². The van der Waals surface area contributed by atoms with Crippen LogP contribution in [0.25, 0.3) is 0 Å². The second-order valence-corrected chi connectivity index (χ2v) is 6.03. The van der Waals surface area contributed by atoms with Crippen molar-refractivity contribution in [3.05, 3.63) is 0 Å². The van der Waals surface area contributed by atoms with Crippen LogP contribution in [0, 0.1) is 11.3 Å². The molecular weight excluding hydrogens is 216 g/mol. The minimum Gasteiger partial charge on any atom is -0.481 e. The Hall–Kier alpha value is -0.610. The minimum absolute atomic E-state index is 0.228. The summed E-state index contributed by atoms with van der Waals surface area (Å²) in [5.41, 5.74) is -0.480. The molecule has 0 atom stereocenters. The number of piperidine rings is 1. The van der Waals surface area contributed by atoms with Gasteiger partial charge < -0.3 is 10.0 Å². The summed E-state index contributed by atoms with van der Waals surface area (Å²) in [5, 5.41) is 9.47. The molecule has 0 aromatic rings. The Morgan fingerprint density at radius 2 is 1.82 bits per heavy atom. The molecule has 2 aliphatic rings. The van der Waals surface area contributed by atoms with Crippen LogP contribution >= 0.6 is 0 Å². The molecule has 2 saturated heterocycles. The van der Waals surface area contributed by atoms with Gasteiger partial charge in [-0.15, -0.1) is 0 Å². The molecule has 98 valence electrons. The van der Waals surface area contributed by atoms with E-state index in [4.69, 9.17) is 0 Å². The molecule has 0 spiro atoms. The molecule has 2 fully saturated rings. The third kappa shape index (κ3) is 2.20. The van der Waals surface area contributed by atoms with Gasteiger partial charge >= 0.3 is 5.97 Å². The highest BCUT2D eigenvalue weighted by Gasteiger charge is 2.45. The van der Waals surface area contributed by atoms with E-state index >= 15 is 0 Å². The van der Waals surface area contributed by atoms with Crippen molar-refractivity contribution in [3.8, 4) is 0 Å². The fourth-order valence-corrected chi connectivity index (χ4v) is 3.22. The second kappa shape index (κ2) is 4.58. The van der Waals surface area contributed by atoms with Crippen molar-refractivity contribution in [1.29, 1.82) is 0 Å². The molecule has 0 amide bonds. The Morgan fingerprint density at radius 1 is 1.29 bits per heavy atom. The largest absolute Gasteiger partial charge is 0.481 e. The van der Waals surface area contributed by atoms with Gasteiger partial charge in [0, 0.05) is 19.1 Å². The van der Waals surface area contributed by atoms with Gasteiger partial charge in [0.15, 0.2) is 0 Å². The molecule has 2 aliphatic heterocycles. The fraction of sp³-hybridized carbons (Fsp3) is 0.923. The van der Waals surface area contributed by atoms with Crippen molar-refractivity contribution in [3.63, 3.8) is 0 Å². The lowest BCUT2D eigenvalue weighted by Crippen LogP contribution is -2.61. The van der Waals surface area contributed by atoms with Crippen LogP contribution < -0.4 is 0 Å². The van der Waals surface area contributed by atoms with Gasteiger partial charge in [-0.05, 0) is 38.9 Å². The third-order valence-corrected chi connectivity index (χ3v) is 4.78. The second-order valence-electron chi connectivity index (χ2n) is 6.03. The summed E-state index contributed by atoms with van der Waals surface area (Å²) >= 11 is 0. The van der Waals surface area contributed by atoms with Gasteiger partial charge in [-0.3, -0.25) is 9.69 Å². The van der Waals surface area contributed by atoms with Crippen molar-refractivity contribution in [2.24, 2.45) is 11.3 Å². The van der Waals surface area contributed by atoms with Crippen LogP contribution in [-0.2, 0) is 4.79 Å². The molecule has 4 nitrogen and oxygen atoms in total. The number of likely N-dealkylation sites (N-methyl/N-ethyl adjacent to an activating group) is 1. The Bertz CT molecular complexity index is 290. The van der Waals surface area contributed by atoms with Gasteiger partial charge in [-0.25, -0.2) is 0 Å². The zero-order valence-corrected chi connectivity index (χ0v) is 11.1. The molecule has 2 rings (SSSR count). The average Bonchev–Trinajstić information content (AvgIpc) is 2.24. The molecule has 17 heavy (non-hydrogen) atoms. The quantitative estimate of drug-likeness (QED) is 0.803. The first kappa shape index (κ1) is 12.8. The molecule has 0 bridgehead atoms. The normalized spacial score (nSPS) is 27.1. The van der Waals surface area contributed by atoms with E-state index in [0.717, 1.165) is 39.0 Å². The average molecular weight is 240 g/mol. The number of hydrogen-bond donors (Lipinski definition) is 1. The SMILES string of the molecule is CC(C)C1(C(=O)O)CCN(C2CN(C)C2)CC1. The first-order chi connectivity index (χ1) is 7.95. The van der Waals surface area contributed by atoms with Crippen molar-refractivity contribution in [1.82, 2.24) is 9.80 Å². The van der Waals surface area contributed by atoms with E-state index in [0.29, 0.717) is 6.04 Å². The van der Waals surface area contributed by atoms with Crippen LogP contribution in [0.1, 0.15) is 26.7 Å². The first-order valence-corrected chi connectivity index (χ1v) is 6.62. The van der Waals surface area contributed by atoms with Gasteiger partial charge in [0.05, 0.1) is 5.41 Å². The van der Waals surface area contributed by atoms with Crippen LogP contribution in [-0.4, -0.2) is 60.1 Å². The first-order valence-electron chi connectivity index (χ1n) is 6.62. The Labute approximate surface area is 104 Å². The van der Waals surface area contributed by atoms with E-state index in [-0.39, 0.29) is 5.92 Å². The van der Waals surface area contributed by atoms with E-state index in [2.05, 4.69) is 16.8 Å². The Morgan fingerprint density at radius 3 is 2.18 bits per heavy atom. The maximum absolute atomic E-state index is 11.5. The molecule has 0 aliphatic carbocycles. The van der Waals surface area contributed by atoms with Crippen LogP contribution in [0.3, 0.4) is 0 Å². The highest BCUT2D eigenvalue weighted by Crippen LogP contribution is 2.39. The smallest absolute Gasteiger partial charge is 0.309 e. The zero-order valence-electron chi connectivity index (χ0n) is 11.1. The van der Waals surface area contributed by atoms with Crippen molar-refractivity contribution in [2.75, 3.05) is 33.2 Å². The molecule has 1 N–H and O–H groups in total. The maximum atomic E-state index is 11.5. The molecule has 4 heteroatoms. The van der Waals surface area contributed by atoms with E-state index in [1.54, 1.807) is 0 Å². The molecule has 2 heterocycles. The molecule has 0 aromatic heterocycles.